The van der Waals surface area contributed by atoms with Crippen LogP contribution in [0.3, 0.4) is 0 Å². The number of carboxylic acids is 1. The quantitative estimate of drug-likeness (QED) is 0.269. The molecule has 7 N–H and O–H groups in total. The van der Waals surface area contributed by atoms with Gasteiger partial charge in [0.25, 0.3) is 0 Å². The lowest BCUT2D eigenvalue weighted by Crippen LogP contribution is -2.31. The zero-order chi connectivity index (χ0) is 10.4. The van der Waals surface area contributed by atoms with Crippen molar-refractivity contribution in [1.29, 1.82) is 0 Å². The van der Waals surface area contributed by atoms with Crippen molar-refractivity contribution < 1.29 is 32.9 Å². The number of hydrogen-bond donors (Lipinski definition) is 5. The number of nitrogens with two attached hydrogens (primary N) is 1. The average Bonchev–Trinajstić information content (AvgIpc) is 1.82. The summed E-state index contributed by atoms with van der Waals surface area (Å²) in [6.45, 7) is 0. The molecule has 0 amide bonds. The Hall–Kier alpha value is -0.390. The molecule has 0 unspecified atom stereocenters. The van der Waals surface area contributed by atoms with Gasteiger partial charge in [-0.15, -0.1) is 0 Å². The van der Waals surface area contributed by atoms with Crippen LogP contribution in [0.2, 0.25) is 0 Å². The fourth-order valence-electron chi connectivity index (χ4n) is 0.0781. The molecule has 0 aromatic rings. The number of hydrogen-bond acceptors (Lipinski definition) is 5. The van der Waals surface area contributed by atoms with Gasteiger partial charge in [0.15, 0.2) is 0 Å². The summed E-state index contributed by atoms with van der Waals surface area (Å²) in [6, 6.07) is -0.816. The van der Waals surface area contributed by atoms with Gasteiger partial charge in [-0.2, -0.15) is 21.0 Å². The minimum Gasteiger partial charge on any atom is -0.480 e. The molecule has 1 atom stereocenters. The Morgan fingerprint density at radius 3 is 1.69 bits per heavy atom. The maximum Gasteiger partial charge on any atom is 0.394 e. The maximum absolute atomic E-state index is 9.76. The van der Waals surface area contributed by atoms with Gasteiger partial charge in [0.1, 0.15) is 6.04 Å². The Morgan fingerprint density at radius 2 is 1.69 bits per heavy atom. The molecule has 0 aliphatic rings. The summed E-state index contributed by atoms with van der Waals surface area (Å²) in [5, 5.41) is 8.01. The summed E-state index contributed by atoms with van der Waals surface area (Å²) in [5.74, 6) is -0.815. The van der Waals surface area contributed by atoms with Gasteiger partial charge in [0, 0.05) is 5.75 Å². The summed E-state index contributed by atoms with van der Waals surface area (Å²) in [5.41, 5.74) is 4.94. The highest BCUT2D eigenvalue weighted by Gasteiger charge is 2.06. The lowest BCUT2D eigenvalue weighted by atomic mass is 10.4. The molecule has 0 heterocycles. The predicted octanol–water partition coefficient (Wildman–Crippen LogP) is -2.15. The van der Waals surface area contributed by atoms with Crippen LogP contribution in [0.25, 0.3) is 0 Å². The molecule has 10 heteroatoms. The van der Waals surface area contributed by atoms with E-state index in [0.29, 0.717) is 0 Å². The molecular formula is C3H11NO7S2. The minimum absolute atomic E-state index is 0. The number of aliphatic carboxylic acids is 1. The van der Waals surface area contributed by atoms with Crippen molar-refractivity contribution in [1.82, 2.24) is 0 Å². The van der Waals surface area contributed by atoms with Crippen LogP contribution in [-0.4, -0.2) is 45.9 Å². The van der Waals surface area contributed by atoms with Crippen molar-refractivity contribution in [2.45, 2.75) is 6.04 Å². The summed E-state index contributed by atoms with van der Waals surface area (Å²) >= 11 is 3.65. The third-order valence-electron chi connectivity index (χ3n) is 0.514. The van der Waals surface area contributed by atoms with Gasteiger partial charge in [-0.25, -0.2) is 0 Å². The summed E-state index contributed by atoms with van der Waals surface area (Å²) in [7, 11) is -4.67. The van der Waals surface area contributed by atoms with E-state index >= 15 is 0 Å². The van der Waals surface area contributed by atoms with E-state index in [2.05, 4.69) is 12.6 Å². The molecule has 0 spiro atoms. The third-order valence-corrected chi connectivity index (χ3v) is 0.907. The molecule has 0 aromatic heterocycles. The summed E-state index contributed by atoms with van der Waals surface area (Å²) < 4.78 is 31.6. The van der Waals surface area contributed by atoms with E-state index in [-0.39, 0.29) is 11.2 Å². The fourth-order valence-corrected chi connectivity index (χ4v) is 0.234. The standard InChI is InChI=1S/C3H7NO2S.H2O4S.H2O/c4-2(1-7)3(5)6;1-5(2,3)4;/h2,7H,1,4H2,(H,5,6);(H2,1,2,3,4);1H2/t2-;;/m1../s1. The first-order chi connectivity index (χ1) is 5.18. The Balaban J connectivity index is -0.000000150. The van der Waals surface area contributed by atoms with Crippen molar-refractivity contribution in [3.63, 3.8) is 0 Å². The predicted molar refractivity (Wildman–Crippen MR) is 47.3 cm³/mol. The smallest absolute Gasteiger partial charge is 0.394 e. The Bertz CT molecular complexity index is 216. The highest BCUT2D eigenvalue weighted by atomic mass is 32.3. The van der Waals surface area contributed by atoms with Crippen LogP contribution in [0.1, 0.15) is 0 Å². The van der Waals surface area contributed by atoms with Crippen molar-refractivity contribution in [2.75, 3.05) is 5.75 Å². The van der Waals surface area contributed by atoms with Gasteiger partial charge >= 0.3 is 16.4 Å². The molecule has 0 aromatic carbocycles. The Kier molecular flexibility index (Phi) is 11.6. The van der Waals surface area contributed by atoms with Crippen LogP contribution >= 0.6 is 12.6 Å². The van der Waals surface area contributed by atoms with E-state index in [1.165, 1.54) is 0 Å². The number of thiol groups is 1. The van der Waals surface area contributed by atoms with E-state index in [0.717, 1.165) is 0 Å². The fraction of sp³-hybridized carbons (Fsp3) is 0.667. The number of carboxylic acid groups (broad SMARTS) is 1. The molecule has 0 bridgehead atoms. The van der Waals surface area contributed by atoms with Crippen molar-refractivity contribution in [3.8, 4) is 0 Å². The zero-order valence-electron chi connectivity index (χ0n) is 6.28. The number of rotatable bonds is 2. The largest absolute Gasteiger partial charge is 0.480 e. The molecule has 13 heavy (non-hydrogen) atoms. The van der Waals surface area contributed by atoms with Crippen LogP contribution in [0.15, 0.2) is 0 Å². The Morgan fingerprint density at radius 1 is 1.46 bits per heavy atom. The van der Waals surface area contributed by atoms with Gasteiger partial charge in [-0.3, -0.25) is 13.9 Å². The molecule has 8 nitrogen and oxygen atoms in total. The first-order valence-electron chi connectivity index (χ1n) is 2.47. The van der Waals surface area contributed by atoms with Crippen molar-refractivity contribution >= 4 is 29.0 Å². The molecule has 0 aliphatic carbocycles. The topological polar surface area (TPSA) is 169 Å². The van der Waals surface area contributed by atoms with E-state index in [9.17, 15) is 4.79 Å². The van der Waals surface area contributed by atoms with Crippen LogP contribution in [0.5, 0.6) is 0 Å². The first-order valence-corrected chi connectivity index (χ1v) is 4.50. The van der Waals surface area contributed by atoms with Gasteiger partial charge in [-0.05, 0) is 0 Å². The second-order valence-electron chi connectivity index (χ2n) is 1.58. The molecule has 0 fully saturated rings. The minimum atomic E-state index is -4.67. The summed E-state index contributed by atoms with van der Waals surface area (Å²) in [4.78, 5) is 9.76. The number of carbonyl (C=O) groups is 1. The van der Waals surface area contributed by atoms with Gasteiger partial charge in [0.05, 0.1) is 0 Å². The lowest BCUT2D eigenvalue weighted by Gasteiger charge is -1.96. The van der Waals surface area contributed by atoms with Crippen LogP contribution < -0.4 is 5.73 Å². The van der Waals surface area contributed by atoms with Crippen LogP contribution in [0.4, 0.5) is 0 Å². The van der Waals surface area contributed by atoms with Crippen molar-refractivity contribution in [2.24, 2.45) is 5.73 Å². The molecule has 0 saturated carbocycles. The molecular weight excluding hydrogens is 226 g/mol. The molecule has 0 rings (SSSR count). The van der Waals surface area contributed by atoms with E-state index < -0.39 is 22.4 Å². The first kappa shape index (κ1) is 18.4. The molecule has 0 aliphatic heterocycles. The van der Waals surface area contributed by atoms with Gasteiger partial charge in [0.2, 0.25) is 0 Å². The van der Waals surface area contributed by atoms with Crippen molar-refractivity contribution in [3.05, 3.63) is 0 Å². The van der Waals surface area contributed by atoms with Crippen LogP contribution in [0, 0.1) is 0 Å². The van der Waals surface area contributed by atoms with E-state index in [1.807, 2.05) is 0 Å². The molecule has 82 valence electrons. The van der Waals surface area contributed by atoms with Gasteiger partial charge in [-0.1, -0.05) is 0 Å². The monoisotopic (exact) mass is 237 g/mol. The molecule has 0 radical (unpaired) electrons. The van der Waals surface area contributed by atoms with E-state index in [4.69, 9.17) is 28.4 Å². The molecule has 0 saturated heterocycles. The van der Waals surface area contributed by atoms with E-state index in [1.54, 1.807) is 0 Å². The third kappa shape index (κ3) is 34.1. The van der Waals surface area contributed by atoms with Crippen LogP contribution in [-0.2, 0) is 15.2 Å². The Labute approximate surface area is 80.0 Å². The highest BCUT2D eigenvalue weighted by molar-refractivity contribution is 7.80. The summed E-state index contributed by atoms with van der Waals surface area (Å²) in [6.07, 6.45) is 0. The van der Waals surface area contributed by atoms with Gasteiger partial charge < -0.3 is 16.3 Å². The average molecular weight is 237 g/mol. The second kappa shape index (κ2) is 8.22. The maximum atomic E-state index is 9.76. The second-order valence-corrected chi connectivity index (χ2v) is 2.84. The lowest BCUT2D eigenvalue weighted by molar-refractivity contribution is -0.137. The normalized spacial score (nSPS) is 11.7. The SMILES string of the molecule is N[C@H](CS)C(=O)O.O.O=S(=O)(O)O. The zero-order valence-corrected chi connectivity index (χ0v) is 7.99. The highest BCUT2D eigenvalue weighted by Crippen LogP contribution is 1.80.